The van der Waals surface area contributed by atoms with Gasteiger partial charge in [0.1, 0.15) is 5.82 Å². The Hall–Kier alpha value is -2.38. The summed E-state index contributed by atoms with van der Waals surface area (Å²) in [7, 11) is 0. The maximum absolute atomic E-state index is 13.0. The lowest BCUT2D eigenvalue weighted by molar-refractivity contribution is -0.138. The average molecular weight is 324 g/mol. The first-order valence-corrected chi connectivity index (χ1v) is 7.14. The molecule has 2 heterocycles. The molecule has 3 rings (SSSR count). The lowest BCUT2D eigenvalue weighted by Gasteiger charge is -2.28. The van der Waals surface area contributed by atoms with Crippen molar-refractivity contribution in [1.82, 2.24) is 19.7 Å². The Morgan fingerprint density at radius 2 is 1.91 bits per heavy atom. The second-order valence-electron chi connectivity index (χ2n) is 5.52. The zero-order valence-electron chi connectivity index (χ0n) is 12.7. The zero-order valence-corrected chi connectivity index (χ0v) is 12.7. The van der Waals surface area contributed by atoms with E-state index < -0.39 is 17.6 Å². The van der Waals surface area contributed by atoms with Gasteiger partial charge in [0, 0.05) is 18.7 Å². The van der Waals surface area contributed by atoms with Crippen LogP contribution in [0.1, 0.15) is 33.1 Å². The third-order valence-electron chi connectivity index (χ3n) is 4.09. The van der Waals surface area contributed by atoms with Crippen LogP contribution in [0.25, 0.3) is 0 Å². The Bertz CT molecular complexity index is 767. The molecule has 0 N–H and O–H groups in total. The fraction of sp³-hybridized carbons (Fsp3) is 0.400. The number of fused-ring (bicyclic) bond motifs is 1. The number of carbonyl (C=O) groups is 1. The number of nitrogens with zero attached hydrogens (tertiary/aromatic N) is 4. The number of aromatic nitrogens is 3. The fourth-order valence-corrected chi connectivity index (χ4v) is 2.82. The molecule has 0 radical (unpaired) electrons. The van der Waals surface area contributed by atoms with Gasteiger partial charge in [0.2, 0.25) is 0 Å². The van der Waals surface area contributed by atoms with Gasteiger partial charge in [0.25, 0.3) is 5.91 Å². The van der Waals surface area contributed by atoms with Crippen molar-refractivity contribution in [2.45, 2.75) is 33.1 Å². The van der Waals surface area contributed by atoms with Crippen LogP contribution in [0.4, 0.5) is 13.2 Å². The average Bonchev–Trinajstić information content (AvgIpc) is 2.86. The van der Waals surface area contributed by atoms with Gasteiger partial charge in [-0.15, -0.1) is 10.2 Å². The van der Waals surface area contributed by atoms with Crippen LogP contribution in [-0.4, -0.2) is 32.1 Å². The first-order valence-electron chi connectivity index (χ1n) is 7.14. The van der Waals surface area contributed by atoms with Crippen LogP contribution in [0, 0.1) is 13.8 Å². The summed E-state index contributed by atoms with van der Waals surface area (Å²) in [6.45, 7) is 4.35. The normalized spacial score (nSPS) is 14.7. The maximum atomic E-state index is 13.0. The molecule has 0 bridgehead atoms. The molecule has 1 aliphatic rings. The van der Waals surface area contributed by atoms with Gasteiger partial charge in [-0.25, -0.2) is 0 Å². The highest BCUT2D eigenvalue weighted by molar-refractivity contribution is 5.96. The van der Waals surface area contributed by atoms with Crippen molar-refractivity contribution in [1.29, 1.82) is 0 Å². The molecular weight excluding hydrogens is 309 g/mol. The quantitative estimate of drug-likeness (QED) is 0.810. The minimum atomic E-state index is -4.47. The summed E-state index contributed by atoms with van der Waals surface area (Å²) >= 11 is 0. The van der Waals surface area contributed by atoms with Crippen LogP contribution in [0.15, 0.2) is 18.2 Å². The lowest BCUT2D eigenvalue weighted by atomic mass is 10.0. The van der Waals surface area contributed by atoms with Crippen molar-refractivity contribution in [3.63, 3.8) is 0 Å². The Balaban J connectivity index is 1.90. The summed E-state index contributed by atoms with van der Waals surface area (Å²) in [5.41, 5.74) is -0.753. The number of hydrogen-bond acceptors (Lipinski definition) is 3. The summed E-state index contributed by atoms with van der Waals surface area (Å²) in [6, 6.07) is 3.68. The Kier molecular flexibility index (Phi) is 3.62. The van der Waals surface area contributed by atoms with Crippen molar-refractivity contribution in [3.8, 4) is 0 Å². The van der Waals surface area contributed by atoms with E-state index in [2.05, 4.69) is 10.2 Å². The number of alkyl halides is 3. The Morgan fingerprint density at radius 1 is 1.17 bits per heavy atom. The predicted molar refractivity (Wildman–Crippen MR) is 75.7 cm³/mol. The van der Waals surface area contributed by atoms with Gasteiger partial charge >= 0.3 is 6.18 Å². The number of halogens is 3. The molecule has 0 atom stereocenters. The molecule has 0 saturated carbocycles. The largest absolute Gasteiger partial charge is 0.416 e. The van der Waals surface area contributed by atoms with E-state index in [1.54, 1.807) is 0 Å². The van der Waals surface area contributed by atoms with Gasteiger partial charge < -0.3 is 9.47 Å². The number of aryl methyl sites for hydroxylation is 1. The number of rotatable bonds is 1. The van der Waals surface area contributed by atoms with E-state index in [1.165, 1.54) is 24.0 Å². The summed E-state index contributed by atoms with van der Waals surface area (Å²) in [4.78, 5) is 14.1. The van der Waals surface area contributed by atoms with Crippen molar-refractivity contribution in [3.05, 3.63) is 46.5 Å². The number of hydrogen-bond donors (Lipinski definition) is 0. The number of amides is 1. The second kappa shape index (κ2) is 5.36. The van der Waals surface area contributed by atoms with E-state index in [0.29, 0.717) is 18.9 Å². The van der Waals surface area contributed by atoms with Crippen LogP contribution in [0.5, 0.6) is 0 Å². The first kappa shape index (κ1) is 15.5. The summed E-state index contributed by atoms with van der Waals surface area (Å²) in [6.07, 6.45) is -4.47. The molecule has 1 aromatic heterocycles. The van der Waals surface area contributed by atoms with Gasteiger partial charge in [0.15, 0.2) is 5.82 Å². The molecule has 2 aromatic rings. The zero-order chi connectivity index (χ0) is 16.8. The third-order valence-corrected chi connectivity index (χ3v) is 4.09. The van der Waals surface area contributed by atoms with E-state index in [1.807, 2.05) is 11.5 Å². The summed E-state index contributed by atoms with van der Waals surface area (Å²) in [5.74, 6) is 0.995. The van der Waals surface area contributed by atoms with Gasteiger partial charge in [-0.2, -0.15) is 13.2 Å². The smallest absolute Gasteiger partial charge is 0.329 e. The van der Waals surface area contributed by atoms with Crippen LogP contribution in [0.3, 0.4) is 0 Å². The molecule has 23 heavy (non-hydrogen) atoms. The van der Waals surface area contributed by atoms with Crippen LogP contribution < -0.4 is 0 Å². The van der Waals surface area contributed by atoms with E-state index in [9.17, 15) is 18.0 Å². The van der Waals surface area contributed by atoms with E-state index >= 15 is 0 Å². The highest BCUT2D eigenvalue weighted by Crippen LogP contribution is 2.33. The van der Waals surface area contributed by atoms with Crippen LogP contribution >= 0.6 is 0 Å². The van der Waals surface area contributed by atoms with Gasteiger partial charge in [0.05, 0.1) is 12.1 Å². The number of carbonyl (C=O) groups excluding carboxylic acids is 1. The van der Waals surface area contributed by atoms with Crippen LogP contribution in [-0.2, 0) is 19.3 Å². The van der Waals surface area contributed by atoms with Crippen molar-refractivity contribution >= 4 is 5.91 Å². The predicted octanol–water partition coefficient (Wildman–Crippen LogP) is 2.57. The Morgan fingerprint density at radius 3 is 2.61 bits per heavy atom. The van der Waals surface area contributed by atoms with Gasteiger partial charge in [-0.1, -0.05) is 6.07 Å². The molecular formula is C15H15F3N4O. The molecule has 0 spiro atoms. The molecule has 0 unspecified atom stereocenters. The monoisotopic (exact) mass is 324 g/mol. The first-order chi connectivity index (χ1) is 10.8. The Labute approximate surface area is 130 Å². The van der Waals surface area contributed by atoms with E-state index in [4.69, 9.17) is 0 Å². The topological polar surface area (TPSA) is 51.0 Å². The standard InChI is InChI=1S/C15H15F3N4O/c1-9-11(4-3-5-12(9)15(16,17)18)14(23)21-6-7-22-10(2)19-20-13(22)8-21/h3-5H,6-8H2,1-2H3. The second-order valence-corrected chi connectivity index (χ2v) is 5.52. The van der Waals surface area contributed by atoms with Gasteiger partial charge in [-0.3, -0.25) is 4.79 Å². The highest BCUT2D eigenvalue weighted by Gasteiger charge is 2.34. The number of benzene rings is 1. The van der Waals surface area contributed by atoms with Crippen LogP contribution in [0.2, 0.25) is 0 Å². The van der Waals surface area contributed by atoms with E-state index in [-0.39, 0.29) is 17.7 Å². The molecule has 0 aliphatic carbocycles. The van der Waals surface area contributed by atoms with Gasteiger partial charge in [-0.05, 0) is 31.5 Å². The lowest BCUT2D eigenvalue weighted by Crippen LogP contribution is -2.39. The molecule has 0 fully saturated rings. The molecule has 8 heteroatoms. The fourth-order valence-electron chi connectivity index (χ4n) is 2.82. The van der Waals surface area contributed by atoms with Crippen molar-refractivity contribution in [2.24, 2.45) is 0 Å². The van der Waals surface area contributed by atoms with Crippen molar-refractivity contribution < 1.29 is 18.0 Å². The minimum Gasteiger partial charge on any atom is -0.329 e. The molecule has 1 amide bonds. The SMILES string of the molecule is Cc1c(C(=O)N2CCn3c(C)nnc3C2)cccc1C(F)(F)F. The summed E-state index contributed by atoms with van der Waals surface area (Å²) in [5, 5.41) is 7.96. The summed E-state index contributed by atoms with van der Waals surface area (Å²) < 4.78 is 40.9. The van der Waals surface area contributed by atoms with Crippen molar-refractivity contribution in [2.75, 3.05) is 6.54 Å². The van der Waals surface area contributed by atoms with E-state index in [0.717, 1.165) is 11.9 Å². The maximum Gasteiger partial charge on any atom is 0.416 e. The third kappa shape index (κ3) is 2.69. The molecule has 122 valence electrons. The molecule has 5 nitrogen and oxygen atoms in total. The molecule has 1 aromatic carbocycles. The molecule has 0 saturated heterocycles. The highest BCUT2D eigenvalue weighted by atomic mass is 19.4. The molecule has 1 aliphatic heterocycles. The minimum absolute atomic E-state index is 0.0479.